The van der Waals surface area contributed by atoms with Gasteiger partial charge in [0.2, 0.25) is 5.43 Å². The molecule has 0 atom stereocenters. The van der Waals surface area contributed by atoms with Gasteiger partial charge < -0.3 is 9.67 Å². The van der Waals surface area contributed by atoms with Crippen LogP contribution in [0.3, 0.4) is 0 Å². The smallest absolute Gasteiger partial charge is 0.223 e. The van der Waals surface area contributed by atoms with Crippen LogP contribution < -0.4 is 5.43 Å². The summed E-state index contributed by atoms with van der Waals surface area (Å²) in [6.07, 6.45) is 5.13. The van der Waals surface area contributed by atoms with Crippen molar-refractivity contribution in [1.82, 2.24) is 9.47 Å². The third kappa shape index (κ3) is 3.83. The van der Waals surface area contributed by atoms with Crippen molar-refractivity contribution in [1.29, 1.82) is 0 Å². The SMILES string of the molecule is CC(C)CCn1cc(O)c(=O)cc1CN1CCCC1. The molecule has 0 bridgehead atoms. The number of hydrogen-bond acceptors (Lipinski definition) is 3. The Morgan fingerprint density at radius 3 is 2.63 bits per heavy atom. The molecule has 2 heterocycles. The monoisotopic (exact) mass is 264 g/mol. The molecule has 1 aliphatic heterocycles. The highest BCUT2D eigenvalue weighted by Gasteiger charge is 2.14. The number of nitrogens with zero attached hydrogens (tertiary/aromatic N) is 2. The maximum absolute atomic E-state index is 11.6. The van der Waals surface area contributed by atoms with E-state index in [2.05, 4.69) is 18.7 Å². The van der Waals surface area contributed by atoms with Gasteiger partial charge in [0.05, 0.1) is 6.20 Å². The Labute approximate surface area is 114 Å². The number of aromatic nitrogens is 1. The first-order valence-electron chi connectivity index (χ1n) is 7.21. The lowest BCUT2D eigenvalue weighted by atomic mass is 10.1. The lowest BCUT2D eigenvalue weighted by Gasteiger charge is -2.20. The summed E-state index contributed by atoms with van der Waals surface area (Å²) in [6.45, 7) is 8.26. The number of aromatic hydroxyl groups is 1. The van der Waals surface area contributed by atoms with Gasteiger partial charge in [0.1, 0.15) is 0 Å². The van der Waals surface area contributed by atoms with Gasteiger partial charge in [-0.25, -0.2) is 0 Å². The fraction of sp³-hybridized carbons (Fsp3) is 0.667. The lowest BCUT2D eigenvalue weighted by molar-refractivity contribution is 0.316. The van der Waals surface area contributed by atoms with Gasteiger partial charge >= 0.3 is 0 Å². The summed E-state index contributed by atoms with van der Waals surface area (Å²) in [5, 5.41) is 9.60. The quantitative estimate of drug-likeness (QED) is 0.886. The molecule has 0 radical (unpaired) electrons. The van der Waals surface area contributed by atoms with Crippen LogP contribution in [-0.2, 0) is 13.1 Å². The summed E-state index contributed by atoms with van der Waals surface area (Å²) >= 11 is 0. The van der Waals surface area contributed by atoms with E-state index in [1.807, 2.05) is 4.57 Å². The van der Waals surface area contributed by atoms with E-state index in [4.69, 9.17) is 0 Å². The van der Waals surface area contributed by atoms with Gasteiger partial charge in [-0.1, -0.05) is 13.8 Å². The van der Waals surface area contributed by atoms with E-state index in [1.165, 1.54) is 12.8 Å². The van der Waals surface area contributed by atoms with Crippen molar-refractivity contribution in [3.8, 4) is 5.75 Å². The largest absolute Gasteiger partial charge is 0.503 e. The molecule has 1 N–H and O–H groups in total. The number of hydrogen-bond donors (Lipinski definition) is 1. The van der Waals surface area contributed by atoms with Gasteiger partial charge in [0.25, 0.3) is 0 Å². The Balaban J connectivity index is 2.17. The minimum Gasteiger partial charge on any atom is -0.503 e. The second-order valence-corrected chi connectivity index (χ2v) is 5.87. The van der Waals surface area contributed by atoms with Gasteiger partial charge in [0.15, 0.2) is 5.75 Å². The zero-order valence-electron chi connectivity index (χ0n) is 11.9. The molecule has 1 aromatic heterocycles. The summed E-state index contributed by atoms with van der Waals surface area (Å²) in [7, 11) is 0. The summed E-state index contributed by atoms with van der Waals surface area (Å²) in [5.74, 6) is 0.468. The molecule has 1 aliphatic rings. The lowest BCUT2D eigenvalue weighted by Crippen LogP contribution is -2.23. The first-order valence-corrected chi connectivity index (χ1v) is 7.21. The minimum absolute atomic E-state index is 0.145. The normalized spacial score (nSPS) is 16.4. The first kappa shape index (κ1) is 14.1. The van der Waals surface area contributed by atoms with Crippen molar-refractivity contribution in [2.75, 3.05) is 13.1 Å². The molecule has 0 saturated carbocycles. The summed E-state index contributed by atoms with van der Waals surface area (Å²) in [4.78, 5) is 14.0. The molecule has 106 valence electrons. The first-order chi connectivity index (χ1) is 9.06. The predicted molar refractivity (Wildman–Crippen MR) is 76.3 cm³/mol. The van der Waals surface area contributed by atoms with Crippen LogP contribution in [0.2, 0.25) is 0 Å². The second kappa shape index (κ2) is 6.24. The van der Waals surface area contributed by atoms with Crippen molar-refractivity contribution >= 4 is 0 Å². The molecule has 2 rings (SSSR count). The van der Waals surface area contributed by atoms with Crippen LogP contribution in [0.25, 0.3) is 0 Å². The van der Waals surface area contributed by atoms with Crippen LogP contribution in [-0.4, -0.2) is 27.7 Å². The molecule has 4 heteroatoms. The summed E-state index contributed by atoms with van der Waals surface area (Å²) in [5.41, 5.74) is 0.750. The zero-order valence-corrected chi connectivity index (χ0v) is 11.9. The van der Waals surface area contributed by atoms with Crippen molar-refractivity contribution in [3.05, 3.63) is 28.2 Å². The summed E-state index contributed by atoms with van der Waals surface area (Å²) in [6, 6.07) is 1.59. The van der Waals surface area contributed by atoms with Crippen molar-refractivity contribution in [2.24, 2.45) is 5.92 Å². The van der Waals surface area contributed by atoms with E-state index >= 15 is 0 Å². The van der Waals surface area contributed by atoms with Crippen LogP contribution in [0.15, 0.2) is 17.1 Å². The Kier molecular flexibility index (Phi) is 4.64. The van der Waals surface area contributed by atoms with E-state index in [-0.39, 0.29) is 11.2 Å². The average molecular weight is 264 g/mol. The topological polar surface area (TPSA) is 45.5 Å². The second-order valence-electron chi connectivity index (χ2n) is 5.87. The predicted octanol–water partition coefficient (Wildman–Crippen LogP) is 2.20. The molecular formula is C15H24N2O2. The average Bonchev–Trinajstić information content (AvgIpc) is 2.84. The van der Waals surface area contributed by atoms with Gasteiger partial charge in [-0.15, -0.1) is 0 Å². The van der Waals surface area contributed by atoms with Crippen LogP contribution >= 0.6 is 0 Å². The molecule has 0 spiro atoms. The number of likely N-dealkylation sites (tertiary alicyclic amines) is 1. The molecular weight excluding hydrogens is 240 g/mol. The van der Waals surface area contributed by atoms with Crippen molar-refractivity contribution in [2.45, 2.75) is 46.2 Å². The standard InChI is InChI=1S/C15H24N2O2/c1-12(2)5-8-17-11-15(19)14(18)9-13(17)10-16-6-3-4-7-16/h9,11-12,19H,3-8,10H2,1-2H3. The van der Waals surface area contributed by atoms with E-state index in [0.717, 1.165) is 38.3 Å². The van der Waals surface area contributed by atoms with Crippen molar-refractivity contribution < 1.29 is 5.11 Å². The third-order valence-corrected chi connectivity index (χ3v) is 3.73. The fourth-order valence-corrected chi connectivity index (χ4v) is 2.51. The molecule has 19 heavy (non-hydrogen) atoms. The summed E-state index contributed by atoms with van der Waals surface area (Å²) < 4.78 is 2.04. The number of pyridine rings is 1. The van der Waals surface area contributed by atoms with Gasteiger partial charge in [-0.3, -0.25) is 9.69 Å². The molecule has 0 unspecified atom stereocenters. The van der Waals surface area contributed by atoms with E-state index < -0.39 is 0 Å². The fourth-order valence-electron chi connectivity index (χ4n) is 2.51. The number of aryl methyl sites for hydroxylation is 1. The van der Waals surface area contributed by atoms with Gasteiger partial charge in [-0.2, -0.15) is 0 Å². The maximum Gasteiger partial charge on any atom is 0.223 e. The molecule has 1 saturated heterocycles. The molecule has 0 aromatic carbocycles. The molecule has 1 fully saturated rings. The Bertz CT molecular complexity index is 474. The van der Waals surface area contributed by atoms with Crippen LogP contribution in [0.1, 0.15) is 38.8 Å². The zero-order chi connectivity index (χ0) is 13.8. The highest BCUT2D eigenvalue weighted by atomic mass is 16.3. The van der Waals surface area contributed by atoms with Crippen LogP contribution in [0.4, 0.5) is 0 Å². The highest BCUT2D eigenvalue weighted by Crippen LogP contribution is 2.15. The van der Waals surface area contributed by atoms with Crippen LogP contribution in [0, 0.1) is 5.92 Å². The minimum atomic E-state index is -0.269. The third-order valence-electron chi connectivity index (χ3n) is 3.73. The van der Waals surface area contributed by atoms with Gasteiger partial charge in [0, 0.05) is 24.8 Å². The Morgan fingerprint density at radius 2 is 2.00 bits per heavy atom. The van der Waals surface area contributed by atoms with Crippen molar-refractivity contribution in [3.63, 3.8) is 0 Å². The van der Waals surface area contributed by atoms with E-state index in [1.54, 1.807) is 12.3 Å². The number of rotatable bonds is 5. The van der Waals surface area contributed by atoms with E-state index in [0.29, 0.717) is 5.92 Å². The maximum atomic E-state index is 11.6. The van der Waals surface area contributed by atoms with Gasteiger partial charge in [-0.05, 0) is 38.3 Å². The van der Waals surface area contributed by atoms with Crippen LogP contribution in [0.5, 0.6) is 5.75 Å². The molecule has 1 aromatic rings. The highest BCUT2D eigenvalue weighted by molar-refractivity contribution is 5.20. The Morgan fingerprint density at radius 1 is 1.32 bits per heavy atom. The van der Waals surface area contributed by atoms with E-state index in [9.17, 15) is 9.90 Å². The molecule has 0 aliphatic carbocycles. The Hall–Kier alpha value is -1.29. The molecule has 4 nitrogen and oxygen atoms in total. The molecule has 0 amide bonds.